The first-order valence-electron chi connectivity index (χ1n) is 16.1. The van der Waals surface area contributed by atoms with Crippen LogP contribution in [-0.4, -0.2) is 4.98 Å². The van der Waals surface area contributed by atoms with Crippen LogP contribution in [0.1, 0.15) is 89.2 Å². The summed E-state index contributed by atoms with van der Waals surface area (Å²) in [6.45, 7) is 4.62. The molecular formula is C40H42BrN. The van der Waals surface area contributed by atoms with Crippen LogP contribution in [0.3, 0.4) is 0 Å². The van der Waals surface area contributed by atoms with Crippen molar-refractivity contribution in [1.82, 2.24) is 4.98 Å². The zero-order valence-electron chi connectivity index (χ0n) is 25.1. The van der Waals surface area contributed by atoms with Gasteiger partial charge >= 0.3 is 0 Å². The second-order valence-corrected chi connectivity index (χ2v) is 12.9. The largest absolute Gasteiger partial charge is 0.247 e. The Balaban J connectivity index is 1.51. The van der Waals surface area contributed by atoms with Gasteiger partial charge in [0.2, 0.25) is 0 Å². The fourth-order valence-electron chi connectivity index (χ4n) is 7.20. The third-order valence-corrected chi connectivity index (χ3v) is 9.99. The minimum absolute atomic E-state index is 0.0725. The summed E-state index contributed by atoms with van der Waals surface area (Å²) in [5.41, 5.74) is 11.7. The SMILES string of the molecule is CCCCCCC1(CCCCCC)c2ccccc2-c2ccc(-c3cc(-c4ccccc4)c4cccc(Br)c4n3)cc21. The lowest BCUT2D eigenvalue weighted by atomic mass is 9.70. The van der Waals surface area contributed by atoms with Crippen LogP contribution in [-0.2, 0) is 5.41 Å². The van der Waals surface area contributed by atoms with Crippen LogP contribution in [0, 0.1) is 0 Å². The molecule has 0 spiro atoms. The first-order chi connectivity index (χ1) is 20.7. The summed E-state index contributed by atoms with van der Waals surface area (Å²) in [6, 6.07) is 35.9. The van der Waals surface area contributed by atoms with E-state index in [0.29, 0.717) is 0 Å². The summed E-state index contributed by atoms with van der Waals surface area (Å²) in [6.07, 6.45) is 12.8. The third kappa shape index (κ3) is 5.47. The van der Waals surface area contributed by atoms with Crippen LogP contribution in [0.25, 0.3) is 44.4 Å². The molecule has 4 aromatic carbocycles. The monoisotopic (exact) mass is 615 g/mol. The molecule has 1 aliphatic rings. The quantitative estimate of drug-likeness (QED) is 0.127. The lowest BCUT2D eigenvalue weighted by Gasteiger charge is -2.33. The Morgan fingerprint density at radius 1 is 0.571 bits per heavy atom. The molecule has 1 aliphatic carbocycles. The Morgan fingerprint density at radius 3 is 2.00 bits per heavy atom. The van der Waals surface area contributed by atoms with Crippen LogP contribution in [0.4, 0.5) is 0 Å². The van der Waals surface area contributed by atoms with E-state index in [0.717, 1.165) is 15.7 Å². The number of nitrogens with zero attached hydrogens (tertiary/aromatic N) is 1. The van der Waals surface area contributed by atoms with Gasteiger partial charge in [0.25, 0.3) is 0 Å². The first-order valence-corrected chi connectivity index (χ1v) is 16.8. The maximum absolute atomic E-state index is 5.28. The number of hydrogen-bond donors (Lipinski definition) is 0. The molecule has 42 heavy (non-hydrogen) atoms. The summed E-state index contributed by atoms with van der Waals surface area (Å²) < 4.78 is 1.04. The van der Waals surface area contributed by atoms with E-state index < -0.39 is 0 Å². The number of benzene rings is 4. The molecule has 0 bridgehead atoms. The van der Waals surface area contributed by atoms with Gasteiger partial charge in [-0.25, -0.2) is 4.98 Å². The van der Waals surface area contributed by atoms with Crippen molar-refractivity contribution in [1.29, 1.82) is 0 Å². The number of para-hydroxylation sites is 1. The molecule has 0 atom stereocenters. The zero-order chi connectivity index (χ0) is 28.9. The third-order valence-electron chi connectivity index (χ3n) is 9.35. The second kappa shape index (κ2) is 13.0. The van der Waals surface area contributed by atoms with E-state index in [-0.39, 0.29) is 5.41 Å². The Kier molecular flexibility index (Phi) is 8.91. The van der Waals surface area contributed by atoms with Gasteiger partial charge in [0.1, 0.15) is 0 Å². The molecule has 214 valence electrons. The Morgan fingerprint density at radius 2 is 1.26 bits per heavy atom. The predicted molar refractivity (Wildman–Crippen MR) is 184 cm³/mol. The van der Waals surface area contributed by atoms with E-state index in [1.165, 1.54) is 103 Å². The van der Waals surface area contributed by atoms with Crippen molar-refractivity contribution in [2.24, 2.45) is 0 Å². The van der Waals surface area contributed by atoms with E-state index in [1.807, 2.05) is 0 Å². The number of aromatic nitrogens is 1. The van der Waals surface area contributed by atoms with Gasteiger partial charge in [-0.1, -0.05) is 144 Å². The van der Waals surface area contributed by atoms with Gasteiger partial charge in [0.05, 0.1) is 11.2 Å². The zero-order valence-corrected chi connectivity index (χ0v) is 26.7. The minimum atomic E-state index is 0.0725. The molecule has 0 saturated carbocycles. The van der Waals surface area contributed by atoms with Crippen LogP contribution in [0.2, 0.25) is 0 Å². The Labute approximate surface area is 260 Å². The van der Waals surface area contributed by atoms with E-state index >= 15 is 0 Å². The molecule has 0 amide bonds. The predicted octanol–water partition coefficient (Wildman–Crippen LogP) is 12.5. The first kappa shape index (κ1) is 28.9. The van der Waals surface area contributed by atoms with Crippen LogP contribution in [0.15, 0.2) is 102 Å². The molecule has 1 nitrogen and oxygen atoms in total. The van der Waals surface area contributed by atoms with Gasteiger partial charge in [-0.05, 0) is 80.4 Å². The number of pyridine rings is 1. The molecule has 0 fully saturated rings. The van der Waals surface area contributed by atoms with Crippen molar-refractivity contribution >= 4 is 26.8 Å². The summed E-state index contributed by atoms with van der Waals surface area (Å²) in [4.78, 5) is 5.28. The number of hydrogen-bond acceptors (Lipinski definition) is 1. The van der Waals surface area contributed by atoms with Gasteiger partial charge in [0.15, 0.2) is 0 Å². The fourth-order valence-corrected chi connectivity index (χ4v) is 7.66. The van der Waals surface area contributed by atoms with Crippen molar-refractivity contribution in [2.45, 2.75) is 83.5 Å². The van der Waals surface area contributed by atoms with E-state index in [9.17, 15) is 0 Å². The molecule has 1 aromatic heterocycles. The molecule has 0 unspecified atom stereocenters. The average molecular weight is 617 g/mol. The molecule has 0 saturated heterocycles. The highest BCUT2D eigenvalue weighted by molar-refractivity contribution is 9.10. The Bertz CT molecular complexity index is 1660. The van der Waals surface area contributed by atoms with Crippen LogP contribution in [0.5, 0.6) is 0 Å². The van der Waals surface area contributed by atoms with Gasteiger partial charge < -0.3 is 0 Å². The lowest BCUT2D eigenvalue weighted by Crippen LogP contribution is -2.25. The number of rotatable bonds is 12. The summed E-state index contributed by atoms with van der Waals surface area (Å²) in [5, 5.41) is 1.18. The van der Waals surface area contributed by atoms with Crippen LogP contribution >= 0.6 is 15.9 Å². The van der Waals surface area contributed by atoms with Crippen LogP contribution < -0.4 is 0 Å². The summed E-state index contributed by atoms with van der Waals surface area (Å²) in [7, 11) is 0. The molecule has 0 radical (unpaired) electrons. The van der Waals surface area contributed by atoms with E-state index in [1.54, 1.807) is 5.56 Å². The number of halogens is 1. The molecule has 0 N–H and O–H groups in total. The van der Waals surface area contributed by atoms with Crippen molar-refractivity contribution < 1.29 is 0 Å². The highest BCUT2D eigenvalue weighted by atomic mass is 79.9. The lowest BCUT2D eigenvalue weighted by molar-refractivity contribution is 0.401. The average Bonchev–Trinajstić information content (AvgIpc) is 3.31. The topological polar surface area (TPSA) is 12.9 Å². The van der Waals surface area contributed by atoms with Crippen molar-refractivity contribution in [3.05, 3.63) is 113 Å². The number of fused-ring (bicyclic) bond motifs is 4. The van der Waals surface area contributed by atoms with E-state index in [4.69, 9.17) is 4.98 Å². The maximum atomic E-state index is 5.28. The minimum Gasteiger partial charge on any atom is -0.247 e. The summed E-state index contributed by atoms with van der Waals surface area (Å²) in [5.74, 6) is 0. The van der Waals surface area contributed by atoms with Gasteiger partial charge in [-0.15, -0.1) is 0 Å². The number of unbranched alkanes of at least 4 members (excludes halogenated alkanes) is 6. The molecule has 2 heteroatoms. The maximum Gasteiger partial charge on any atom is 0.0857 e. The van der Waals surface area contributed by atoms with Crippen molar-refractivity contribution in [3.63, 3.8) is 0 Å². The van der Waals surface area contributed by atoms with Gasteiger partial charge in [-0.2, -0.15) is 0 Å². The smallest absolute Gasteiger partial charge is 0.0857 e. The second-order valence-electron chi connectivity index (χ2n) is 12.1. The highest BCUT2D eigenvalue weighted by Gasteiger charge is 2.42. The van der Waals surface area contributed by atoms with Gasteiger partial charge in [-0.3, -0.25) is 0 Å². The van der Waals surface area contributed by atoms with E-state index in [2.05, 4.69) is 127 Å². The standard InChI is InChI=1S/C40H42BrN/c1-3-5-7-14-25-40(26-15-8-6-4-2)35-21-13-12-19-31(35)32-24-23-30(27-36(32)40)38-28-34(29-17-10-9-11-18-29)33-20-16-22-37(41)39(33)42-38/h9-13,16-24,27-28H,3-8,14-15,25-26H2,1-2H3. The molecule has 1 heterocycles. The Hall–Kier alpha value is -3.23. The fraction of sp³-hybridized carbons (Fsp3) is 0.325. The van der Waals surface area contributed by atoms with Gasteiger partial charge in [0, 0.05) is 20.8 Å². The van der Waals surface area contributed by atoms with Crippen molar-refractivity contribution in [2.75, 3.05) is 0 Å². The molecule has 6 rings (SSSR count). The molecule has 0 aliphatic heterocycles. The van der Waals surface area contributed by atoms with Crippen molar-refractivity contribution in [3.8, 4) is 33.5 Å². The normalized spacial score (nSPS) is 13.3. The molecule has 5 aromatic rings. The summed E-state index contributed by atoms with van der Waals surface area (Å²) >= 11 is 3.82. The molecular weight excluding hydrogens is 574 g/mol. The highest BCUT2D eigenvalue weighted by Crippen LogP contribution is 2.55.